The van der Waals surface area contributed by atoms with Gasteiger partial charge >= 0.3 is 6.03 Å². The lowest BCUT2D eigenvalue weighted by Gasteiger charge is -2.56. The van der Waals surface area contributed by atoms with Gasteiger partial charge in [0.15, 0.2) is 0 Å². The van der Waals surface area contributed by atoms with Crippen molar-refractivity contribution in [2.45, 2.75) is 62.4 Å². The van der Waals surface area contributed by atoms with Gasteiger partial charge < -0.3 is 15.7 Å². The Morgan fingerprint density at radius 1 is 1.00 bits per heavy atom. The molecule has 106 valence electrons. The minimum atomic E-state index is -0.299. The molecular weight excluding hydrogens is 240 g/mol. The second-order valence-electron chi connectivity index (χ2n) is 7.72. The Morgan fingerprint density at radius 2 is 1.53 bits per heavy atom. The molecule has 0 spiro atoms. The summed E-state index contributed by atoms with van der Waals surface area (Å²) in [5.41, 5.74) is -0.225. The summed E-state index contributed by atoms with van der Waals surface area (Å²) in [6, 6.07) is -0.0477. The number of hydrogen-bond acceptors (Lipinski definition) is 2. The third-order valence-corrected chi connectivity index (χ3v) is 5.95. The van der Waals surface area contributed by atoms with E-state index >= 15 is 0 Å². The highest BCUT2D eigenvalue weighted by molar-refractivity contribution is 5.76. The van der Waals surface area contributed by atoms with Crippen molar-refractivity contribution in [1.29, 1.82) is 0 Å². The SMILES string of the molecule is O=C(NC1(CO)CC1)NC12CC3CC(CC(C3)C1)C2. The van der Waals surface area contributed by atoms with Gasteiger partial charge in [-0.15, -0.1) is 0 Å². The zero-order valence-electron chi connectivity index (χ0n) is 11.5. The van der Waals surface area contributed by atoms with Crippen LogP contribution in [0.25, 0.3) is 0 Å². The largest absolute Gasteiger partial charge is 0.394 e. The topological polar surface area (TPSA) is 61.4 Å². The smallest absolute Gasteiger partial charge is 0.315 e. The number of carbonyl (C=O) groups excluding carboxylic acids is 1. The van der Waals surface area contributed by atoms with Crippen molar-refractivity contribution in [2.75, 3.05) is 6.61 Å². The van der Waals surface area contributed by atoms with Gasteiger partial charge in [0.05, 0.1) is 12.1 Å². The molecule has 19 heavy (non-hydrogen) atoms. The molecule has 5 saturated carbocycles. The van der Waals surface area contributed by atoms with E-state index in [1.165, 1.54) is 38.5 Å². The Morgan fingerprint density at radius 3 is 1.95 bits per heavy atom. The molecule has 0 saturated heterocycles. The molecule has 4 bridgehead atoms. The molecule has 0 radical (unpaired) electrons. The van der Waals surface area contributed by atoms with E-state index in [-0.39, 0.29) is 23.7 Å². The average molecular weight is 264 g/mol. The summed E-state index contributed by atoms with van der Waals surface area (Å²) in [6.07, 6.45) is 9.54. The number of nitrogens with one attached hydrogen (secondary N) is 2. The van der Waals surface area contributed by atoms with E-state index < -0.39 is 0 Å². The molecule has 5 aliphatic rings. The fraction of sp³-hybridized carbons (Fsp3) is 0.933. The Hall–Kier alpha value is -0.770. The van der Waals surface area contributed by atoms with Crippen molar-refractivity contribution in [3.63, 3.8) is 0 Å². The molecule has 0 aromatic carbocycles. The van der Waals surface area contributed by atoms with Crippen LogP contribution in [0.4, 0.5) is 4.79 Å². The molecule has 0 atom stereocenters. The Kier molecular flexibility index (Phi) is 2.45. The van der Waals surface area contributed by atoms with E-state index in [9.17, 15) is 9.90 Å². The maximum Gasteiger partial charge on any atom is 0.315 e. The molecule has 4 heteroatoms. The van der Waals surface area contributed by atoms with Crippen LogP contribution in [0.2, 0.25) is 0 Å². The van der Waals surface area contributed by atoms with Gasteiger partial charge in [-0.25, -0.2) is 4.79 Å². The van der Waals surface area contributed by atoms with Gasteiger partial charge in [-0.3, -0.25) is 0 Å². The summed E-state index contributed by atoms with van der Waals surface area (Å²) in [4.78, 5) is 12.2. The average Bonchev–Trinajstić information content (AvgIpc) is 3.06. The molecule has 4 nitrogen and oxygen atoms in total. The van der Waals surface area contributed by atoms with E-state index in [2.05, 4.69) is 10.6 Å². The maximum absolute atomic E-state index is 12.2. The van der Waals surface area contributed by atoms with E-state index in [0.29, 0.717) is 0 Å². The Balaban J connectivity index is 1.43. The molecule has 0 aromatic heterocycles. The van der Waals surface area contributed by atoms with E-state index in [1.54, 1.807) is 0 Å². The molecular formula is C15H24N2O2. The molecule has 0 heterocycles. The third-order valence-electron chi connectivity index (χ3n) is 5.95. The number of carbonyl (C=O) groups is 1. The highest BCUT2D eigenvalue weighted by Crippen LogP contribution is 2.55. The van der Waals surface area contributed by atoms with E-state index in [0.717, 1.165) is 30.6 Å². The van der Waals surface area contributed by atoms with Gasteiger partial charge in [-0.2, -0.15) is 0 Å². The van der Waals surface area contributed by atoms with Gasteiger partial charge in [0.2, 0.25) is 0 Å². The third kappa shape index (κ3) is 2.04. The van der Waals surface area contributed by atoms with Crippen LogP contribution in [-0.2, 0) is 0 Å². The van der Waals surface area contributed by atoms with Crippen LogP contribution in [0.5, 0.6) is 0 Å². The lowest BCUT2D eigenvalue weighted by molar-refractivity contribution is -0.0138. The summed E-state index contributed by atoms with van der Waals surface area (Å²) >= 11 is 0. The molecule has 5 rings (SSSR count). The van der Waals surface area contributed by atoms with Crippen molar-refractivity contribution < 1.29 is 9.90 Å². The van der Waals surface area contributed by atoms with Crippen LogP contribution < -0.4 is 10.6 Å². The standard InChI is InChI=1S/C15H24N2O2/c18-9-14(1-2-14)16-13(19)17-15-6-10-3-11(7-15)5-12(4-10)8-15/h10-12,18H,1-9H2,(H2,16,17,19). The summed E-state index contributed by atoms with van der Waals surface area (Å²) < 4.78 is 0. The van der Waals surface area contributed by atoms with Crippen LogP contribution in [0.1, 0.15) is 51.4 Å². The van der Waals surface area contributed by atoms with Crippen molar-refractivity contribution in [3.8, 4) is 0 Å². The van der Waals surface area contributed by atoms with Gasteiger partial charge in [0.1, 0.15) is 0 Å². The quantitative estimate of drug-likeness (QED) is 0.727. The van der Waals surface area contributed by atoms with E-state index in [4.69, 9.17) is 0 Å². The molecule has 2 amide bonds. The minimum absolute atomic E-state index is 0.0477. The van der Waals surface area contributed by atoms with Crippen molar-refractivity contribution >= 4 is 6.03 Å². The molecule has 0 unspecified atom stereocenters. The molecule has 5 aliphatic carbocycles. The first-order valence-corrected chi connectivity index (χ1v) is 7.82. The first-order chi connectivity index (χ1) is 9.10. The Labute approximate surface area is 114 Å². The second-order valence-corrected chi connectivity index (χ2v) is 7.72. The summed E-state index contributed by atoms with van der Waals surface area (Å²) in [7, 11) is 0. The molecule has 5 fully saturated rings. The maximum atomic E-state index is 12.2. The van der Waals surface area contributed by atoms with Gasteiger partial charge in [0.25, 0.3) is 0 Å². The van der Waals surface area contributed by atoms with Crippen LogP contribution in [-0.4, -0.2) is 28.8 Å². The molecule has 3 N–H and O–H groups in total. The fourth-order valence-corrected chi connectivity index (χ4v) is 5.25. The molecule has 0 aliphatic heterocycles. The fourth-order valence-electron chi connectivity index (χ4n) is 5.25. The minimum Gasteiger partial charge on any atom is -0.394 e. The van der Waals surface area contributed by atoms with Crippen molar-refractivity contribution in [2.24, 2.45) is 17.8 Å². The predicted molar refractivity (Wildman–Crippen MR) is 71.6 cm³/mol. The predicted octanol–water partition coefficient (Wildman–Crippen LogP) is 1.78. The summed E-state index contributed by atoms with van der Waals surface area (Å²) in [6.45, 7) is 0.0707. The van der Waals surface area contributed by atoms with Gasteiger partial charge in [-0.1, -0.05) is 0 Å². The second kappa shape index (κ2) is 3.87. The highest BCUT2D eigenvalue weighted by atomic mass is 16.3. The van der Waals surface area contributed by atoms with Crippen molar-refractivity contribution in [1.82, 2.24) is 10.6 Å². The zero-order chi connectivity index (χ0) is 13.1. The first-order valence-electron chi connectivity index (χ1n) is 7.82. The first kappa shape index (κ1) is 12.0. The Bertz CT molecular complexity index is 368. The number of aliphatic hydroxyl groups excluding tert-OH is 1. The number of hydrogen-bond donors (Lipinski definition) is 3. The normalized spacial score (nSPS) is 45.0. The number of urea groups is 1. The number of aliphatic hydroxyl groups is 1. The van der Waals surface area contributed by atoms with Gasteiger partial charge in [-0.05, 0) is 69.1 Å². The lowest BCUT2D eigenvalue weighted by Crippen LogP contribution is -2.62. The van der Waals surface area contributed by atoms with E-state index in [1.807, 2.05) is 0 Å². The van der Waals surface area contributed by atoms with Crippen LogP contribution >= 0.6 is 0 Å². The monoisotopic (exact) mass is 264 g/mol. The van der Waals surface area contributed by atoms with Crippen LogP contribution in [0.3, 0.4) is 0 Å². The highest BCUT2D eigenvalue weighted by Gasteiger charge is 2.52. The zero-order valence-corrected chi connectivity index (χ0v) is 11.5. The van der Waals surface area contributed by atoms with Gasteiger partial charge in [0, 0.05) is 5.54 Å². The summed E-state index contributed by atoms with van der Waals surface area (Å²) in [5.74, 6) is 2.54. The van der Waals surface area contributed by atoms with Crippen LogP contribution in [0.15, 0.2) is 0 Å². The number of rotatable bonds is 3. The number of amides is 2. The summed E-state index contributed by atoms with van der Waals surface area (Å²) in [5, 5.41) is 15.6. The lowest BCUT2D eigenvalue weighted by atomic mass is 9.53. The van der Waals surface area contributed by atoms with Crippen molar-refractivity contribution in [3.05, 3.63) is 0 Å². The van der Waals surface area contributed by atoms with Crippen LogP contribution in [0, 0.1) is 17.8 Å². The molecule has 0 aromatic rings.